The first-order valence-electron chi connectivity index (χ1n) is 11.6. The molecular weight excluding hydrogens is 544 g/mol. The molecule has 13 heteroatoms. The number of nitrogens with zero attached hydrogens (tertiary/aromatic N) is 4. The molecule has 1 aliphatic heterocycles. The van der Waals surface area contributed by atoms with E-state index in [9.17, 15) is 17.2 Å². The third-order valence-corrected chi connectivity index (χ3v) is 8.33. The van der Waals surface area contributed by atoms with Gasteiger partial charge in [0.2, 0.25) is 0 Å². The number of imidazole rings is 1. The molecule has 0 radical (unpaired) electrons. The molecule has 0 aliphatic carbocycles. The van der Waals surface area contributed by atoms with Crippen LogP contribution < -0.4 is 5.32 Å². The van der Waals surface area contributed by atoms with Crippen LogP contribution in [-0.4, -0.2) is 40.8 Å². The Balaban J connectivity index is 1.64. The molecule has 5 rings (SSSR count). The number of anilines is 2. The van der Waals surface area contributed by atoms with Crippen LogP contribution in [-0.2, 0) is 14.6 Å². The lowest BCUT2D eigenvalue weighted by atomic mass is 10.1. The Hall–Kier alpha value is -2.67. The first kappa shape index (κ1) is 26.0. The van der Waals surface area contributed by atoms with Crippen LogP contribution in [0.5, 0.6) is 0 Å². The van der Waals surface area contributed by atoms with Crippen LogP contribution in [0.15, 0.2) is 29.2 Å². The van der Waals surface area contributed by atoms with E-state index in [2.05, 4.69) is 20.3 Å². The number of fused-ring (bicyclic) bond motifs is 1. The number of nitrogens with one attached hydrogen (secondary N) is 1. The summed E-state index contributed by atoms with van der Waals surface area (Å²) in [5, 5.41) is 3.97. The molecule has 8 nitrogen and oxygen atoms in total. The first-order valence-corrected chi connectivity index (χ1v) is 14.6. The number of rotatable bonds is 6. The molecule has 4 heterocycles. The van der Waals surface area contributed by atoms with E-state index >= 15 is 0 Å². The second kappa shape index (κ2) is 9.90. The van der Waals surface area contributed by atoms with E-state index in [0.29, 0.717) is 24.3 Å². The quantitative estimate of drug-likeness (QED) is 0.262. The van der Waals surface area contributed by atoms with Gasteiger partial charge < -0.3 is 10.1 Å². The molecule has 3 aromatic heterocycles. The van der Waals surface area contributed by atoms with Gasteiger partial charge in [-0.3, -0.25) is 4.57 Å². The molecule has 0 bridgehead atoms. The van der Waals surface area contributed by atoms with E-state index in [1.807, 2.05) is 13.8 Å². The van der Waals surface area contributed by atoms with Crippen LogP contribution in [0.1, 0.15) is 47.6 Å². The molecule has 1 saturated heterocycles. The van der Waals surface area contributed by atoms with Crippen molar-refractivity contribution in [1.29, 1.82) is 0 Å². The lowest BCUT2D eigenvalue weighted by Gasteiger charge is -2.25. The van der Waals surface area contributed by atoms with Crippen LogP contribution in [0.3, 0.4) is 0 Å². The van der Waals surface area contributed by atoms with E-state index in [1.54, 1.807) is 18.2 Å². The van der Waals surface area contributed by atoms with Gasteiger partial charge in [0.15, 0.2) is 21.3 Å². The maximum atomic E-state index is 14.0. The third-order valence-electron chi connectivity index (χ3n) is 6.11. The predicted octanol–water partition coefficient (Wildman–Crippen LogP) is 6.61. The number of hydrogen-bond acceptors (Lipinski definition) is 8. The van der Waals surface area contributed by atoms with Crippen LogP contribution in [0, 0.1) is 13.8 Å². The Morgan fingerprint density at radius 3 is 2.57 bits per heavy atom. The number of hydrogen-bond donors (Lipinski definition) is 1. The van der Waals surface area contributed by atoms with Gasteiger partial charge in [-0.2, -0.15) is 0 Å². The summed E-state index contributed by atoms with van der Waals surface area (Å²) in [5.74, 6) is -0.479. The molecule has 1 aromatic carbocycles. The molecule has 196 valence electrons. The topological polar surface area (TPSA) is 99.0 Å². The van der Waals surface area contributed by atoms with Crippen LogP contribution in [0.25, 0.3) is 22.4 Å². The Kier molecular flexibility index (Phi) is 6.94. The van der Waals surface area contributed by atoms with E-state index in [1.165, 1.54) is 22.0 Å². The lowest BCUT2D eigenvalue weighted by Crippen LogP contribution is -2.20. The first-order chi connectivity index (χ1) is 17.5. The zero-order valence-corrected chi connectivity index (χ0v) is 22.6. The number of sulfone groups is 1. The van der Waals surface area contributed by atoms with Crippen molar-refractivity contribution >= 4 is 55.3 Å². The smallest absolute Gasteiger partial charge is 0.295 e. The van der Waals surface area contributed by atoms with E-state index in [4.69, 9.17) is 16.3 Å². The zero-order chi connectivity index (χ0) is 26.5. The summed E-state index contributed by atoms with van der Waals surface area (Å²) >= 11 is 7.82. The van der Waals surface area contributed by atoms with Crippen molar-refractivity contribution < 1.29 is 21.9 Å². The molecule has 1 atom stereocenters. The van der Waals surface area contributed by atoms with Crippen LogP contribution in [0.4, 0.5) is 20.2 Å². The molecule has 1 unspecified atom stereocenters. The minimum Gasteiger partial charge on any atom is -0.358 e. The van der Waals surface area contributed by atoms with Crippen molar-refractivity contribution in [3.05, 3.63) is 45.1 Å². The van der Waals surface area contributed by atoms with Gasteiger partial charge in [0.25, 0.3) is 6.43 Å². The molecule has 37 heavy (non-hydrogen) atoms. The summed E-state index contributed by atoms with van der Waals surface area (Å²) < 4.78 is 60.7. The molecular formula is C24H24ClF2N5O3S2. The molecule has 1 aliphatic rings. The summed E-state index contributed by atoms with van der Waals surface area (Å²) in [6, 6.07) is 6.37. The van der Waals surface area contributed by atoms with E-state index in [0.717, 1.165) is 29.0 Å². The summed E-state index contributed by atoms with van der Waals surface area (Å²) in [6.45, 7) is 4.26. The van der Waals surface area contributed by atoms with Crippen LogP contribution in [0.2, 0.25) is 5.15 Å². The lowest BCUT2D eigenvalue weighted by molar-refractivity contribution is -0.0363. The number of pyridine rings is 1. The Morgan fingerprint density at radius 2 is 1.95 bits per heavy atom. The molecule has 4 aromatic rings. The maximum Gasteiger partial charge on any atom is 0.295 e. The molecule has 0 saturated carbocycles. The van der Waals surface area contributed by atoms with Gasteiger partial charge >= 0.3 is 0 Å². The zero-order valence-electron chi connectivity index (χ0n) is 20.3. The number of aromatic nitrogens is 4. The monoisotopic (exact) mass is 567 g/mol. The van der Waals surface area contributed by atoms with Crippen molar-refractivity contribution in [2.75, 3.05) is 18.2 Å². The molecule has 1 fully saturated rings. The summed E-state index contributed by atoms with van der Waals surface area (Å²) in [4.78, 5) is 14.0. The summed E-state index contributed by atoms with van der Waals surface area (Å²) in [6.07, 6.45) is -0.203. The number of halogens is 3. The highest BCUT2D eigenvalue weighted by Crippen LogP contribution is 2.38. The number of thiazole rings is 1. The SMILES string of the molecule is Cc1nc(-c2ccc(Nc3cc(Cl)nc4c3nc(C(F)F)n4C3CCCCO3)c(S(C)(=O)=O)c2)c(C)s1. The normalized spacial score (nSPS) is 16.6. The van der Waals surface area contributed by atoms with Crippen molar-refractivity contribution in [2.24, 2.45) is 0 Å². The standard InChI is InChI=1S/C24H24ClF2N5O3S2/c1-12-20(28-13(2)36-12)14-7-8-15(17(10-14)37(3,33)34)29-16-11-18(25)30-23-21(16)31-24(22(26)27)32(23)19-6-4-5-9-35-19/h7-8,10-11,19,22H,4-6,9H2,1-3H3,(H,29,30). The van der Waals surface area contributed by atoms with Crippen molar-refractivity contribution in [3.63, 3.8) is 0 Å². The number of benzene rings is 1. The Morgan fingerprint density at radius 1 is 1.16 bits per heavy atom. The van der Waals surface area contributed by atoms with Gasteiger partial charge in [0.05, 0.1) is 27.0 Å². The fourth-order valence-corrected chi connectivity index (χ4v) is 6.42. The Labute approximate surface area is 221 Å². The maximum absolute atomic E-state index is 14.0. The highest BCUT2D eigenvalue weighted by molar-refractivity contribution is 7.90. The fraction of sp³-hybridized carbons (Fsp3) is 0.375. The second-order valence-corrected chi connectivity index (χ2v) is 12.7. The fourth-order valence-electron chi connectivity index (χ4n) is 4.53. The predicted molar refractivity (Wildman–Crippen MR) is 140 cm³/mol. The van der Waals surface area contributed by atoms with E-state index in [-0.39, 0.29) is 32.6 Å². The van der Waals surface area contributed by atoms with Gasteiger partial charge in [0.1, 0.15) is 16.9 Å². The third kappa shape index (κ3) is 5.07. The molecule has 0 spiro atoms. The van der Waals surface area contributed by atoms with Crippen molar-refractivity contribution in [1.82, 2.24) is 19.5 Å². The summed E-state index contributed by atoms with van der Waals surface area (Å²) in [7, 11) is -3.69. The highest BCUT2D eigenvalue weighted by atomic mass is 35.5. The van der Waals surface area contributed by atoms with Gasteiger partial charge in [-0.25, -0.2) is 32.2 Å². The highest BCUT2D eigenvalue weighted by Gasteiger charge is 2.29. The number of ether oxygens (including phenoxy) is 1. The van der Waals surface area contributed by atoms with Gasteiger partial charge in [-0.05, 0) is 45.2 Å². The van der Waals surface area contributed by atoms with E-state index < -0.39 is 28.3 Å². The average Bonchev–Trinajstić information content (AvgIpc) is 3.38. The van der Waals surface area contributed by atoms with Crippen molar-refractivity contribution in [3.8, 4) is 11.3 Å². The average molecular weight is 568 g/mol. The number of alkyl halides is 2. The summed E-state index contributed by atoms with van der Waals surface area (Å²) in [5.41, 5.74) is 2.16. The van der Waals surface area contributed by atoms with Gasteiger partial charge in [0, 0.05) is 29.4 Å². The van der Waals surface area contributed by atoms with Gasteiger partial charge in [-0.15, -0.1) is 11.3 Å². The van der Waals surface area contributed by atoms with Crippen molar-refractivity contribution in [2.45, 2.75) is 50.7 Å². The molecule has 0 amide bonds. The van der Waals surface area contributed by atoms with Crippen LogP contribution >= 0.6 is 22.9 Å². The second-order valence-electron chi connectivity index (χ2n) is 8.87. The minimum absolute atomic E-state index is 0.0280. The number of aryl methyl sites for hydroxylation is 2. The Bertz CT molecular complexity index is 1600. The van der Waals surface area contributed by atoms with Gasteiger partial charge in [-0.1, -0.05) is 17.7 Å². The largest absolute Gasteiger partial charge is 0.358 e. The molecule has 1 N–H and O–H groups in total. The minimum atomic E-state index is -3.69.